The van der Waals surface area contributed by atoms with Gasteiger partial charge in [0.1, 0.15) is 0 Å². The zero-order valence-corrected chi connectivity index (χ0v) is 19.0. The molecule has 0 spiro atoms. The van der Waals surface area contributed by atoms with E-state index in [1.807, 2.05) is 32.1 Å². The number of hydrogen-bond donors (Lipinski definition) is 1. The molecule has 2 amide bonds. The van der Waals surface area contributed by atoms with Gasteiger partial charge in [-0.05, 0) is 55.2 Å². The predicted octanol–water partition coefficient (Wildman–Crippen LogP) is 2.11. The molecule has 0 radical (unpaired) electrons. The number of carbonyl (C=O) groups is 2. The number of carbonyl (C=O) groups excluding carboxylic acids is 2. The second kappa shape index (κ2) is 10.1. The van der Waals surface area contributed by atoms with E-state index >= 15 is 0 Å². The Hall–Kier alpha value is -3.61. The van der Waals surface area contributed by atoms with Crippen LogP contribution in [0.2, 0.25) is 0 Å². The summed E-state index contributed by atoms with van der Waals surface area (Å²) in [6.45, 7) is 4.32. The Balaban J connectivity index is 1.63. The lowest BCUT2D eigenvalue weighted by Gasteiger charge is -2.14. The largest absolute Gasteiger partial charge is 0.493 e. The van der Waals surface area contributed by atoms with Gasteiger partial charge in [0.25, 0.3) is 5.91 Å². The van der Waals surface area contributed by atoms with E-state index in [4.69, 9.17) is 14.2 Å². The molecule has 1 unspecified atom stereocenters. The van der Waals surface area contributed by atoms with Gasteiger partial charge in [0.05, 0.1) is 32.6 Å². The van der Waals surface area contributed by atoms with Gasteiger partial charge in [-0.15, -0.1) is 0 Å². The van der Waals surface area contributed by atoms with Crippen molar-refractivity contribution in [3.63, 3.8) is 0 Å². The standard InChI is InChI=1S/C25H28N2O5/c1-15-6-7-16(2)23-19(15)14-18(25(29)27-23)10-11-26-22(28)9-8-17-12-20(30-3)24(32-5)21(13-17)31-4/h6-9,12-14,18H,10-11H2,1-5H3,(H,26,28)/b9-8+. The molecular formula is C25H28N2O5. The molecule has 1 heterocycles. The molecule has 0 saturated carbocycles. The first-order valence-electron chi connectivity index (χ1n) is 10.3. The molecular weight excluding hydrogens is 408 g/mol. The molecule has 2 aromatic rings. The Kier molecular flexibility index (Phi) is 7.30. The number of nitrogens with one attached hydrogen (secondary N) is 1. The highest BCUT2D eigenvalue weighted by Gasteiger charge is 2.19. The van der Waals surface area contributed by atoms with Crippen molar-refractivity contribution >= 4 is 24.0 Å². The monoisotopic (exact) mass is 436 g/mol. The predicted molar refractivity (Wildman–Crippen MR) is 122 cm³/mol. The van der Waals surface area contributed by atoms with Crippen molar-refractivity contribution in [2.75, 3.05) is 27.9 Å². The Bertz CT molecular complexity index is 1160. The number of ether oxygens (including phenoxy) is 3. The third-order valence-electron chi connectivity index (χ3n) is 5.41. The maximum absolute atomic E-state index is 12.4. The zero-order valence-electron chi connectivity index (χ0n) is 19.0. The average molecular weight is 437 g/mol. The average Bonchev–Trinajstić information content (AvgIpc) is 2.80. The van der Waals surface area contributed by atoms with Crippen LogP contribution < -0.4 is 30.1 Å². The van der Waals surface area contributed by atoms with Crippen molar-refractivity contribution in [1.29, 1.82) is 0 Å². The molecule has 32 heavy (non-hydrogen) atoms. The fourth-order valence-electron chi connectivity index (χ4n) is 3.63. The molecule has 3 rings (SSSR count). The minimum atomic E-state index is -0.345. The van der Waals surface area contributed by atoms with Gasteiger partial charge in [-0.3, -0.25) is 9.59 Å². The van der Waals surface area contributed by atoms with Gasteiger partial charge in [-0.25, -0.2) is 4.99 Å². The van der Waals surface area contributed by atoms with Crippen LogP contribution in [-0.4, -0.2) is 39.7 Å². The third kappa shape index (κ3) is 4.99. The summed E-state index contributed by atoms with van der Waals surface area (Å²) in [6, 6.07) is 7.51. The van der Waals surface area contributed by atoms with Crippen LogP contribution in [0.5, 0.6) is 17.2 Å². The van der Waals surface area contributed by atoms with Crippen LogP contribution in [0.4, 0.5) is 0 Å². The van der Waals surface area contributed by atoms with Crippen LogP contribution in [0.3, 0.4) is 0 Å². The highest BCUT2D eigenvalue weighted by molar-refractivity contribution is 5.92. The summed E-state index contributed by atoms with van der Waals surface area (Å²) in [5.74, 6) is 0.727. The first kappa shape index (κ1) is 23.1. The number of hydrogen-bond acceptors (Lipinski definition) is 5. The molecule has 2 aromatic carbocycles. The second-order valence-electron chi connectivity index (χ2n) is 7.56. The first-order valence-corrected chi connectivity index (χ1v) is 10.3. The third-order valence-corrected chi connectivity index (χ3v) is 5.41. The lowest BCUT2D eigenvalue weighted by molar-refractivity contribution is -0.121. The highest BCUT2D eigenvalue weighted by atomic mass is 16.5. The van der Waals surface area contributed by atoms with Crippen molar-refractivity contribution in [2.24, 2.45) is 10.9 Å². The van der Waals surface area contributed by atoms with Crippen molar-refractivity contribution in [2.45, 2.75) is 20.3 Å². The molecule has 1 aliphatic heterocycles. The zero-order chi connectivity index (χ0) is 23.3. The maximum Gasteiger partial charge on any atom is 0.253 e. The molecule has 1 aliphatic rings. The van der Waals surface area contributed by atoms with E-state index in [2.05, 4.69) is 10.3 Å². The first-order chi connectivity index (χ1) is 15.4. The molecule has 0 bridgehead atoms. The summed E-state index contributed by atoms with van der Waals surface area (Å²) in [5.41, 5.74) is 2.80. The fraction of sp³-hybridized carbons (Fsp3) is 0.320. The SMILES string of the molecule is COc1cc(/C=C/C(=O)NCCC2C=c3c(C)ccc(C)c3=NC2=O)cc(OC)c1OC. The normalized spacial score (nSPS) is 14.9. The number of methoxy groups -OCH3 is 3. The summed E-state index contributed by atoms with van der Waals surface area (Å²) >= 11 is 0. The summed E-state index contributed by atoms with van der Waals surface area (Å²) in [5, 5.41) is 4.58. The van der Waals surface area contributed by atoms with E-state index in [0.717, 1.165) is 27.3 Å². The van der Waals surface area contributed by atoms with Gasteiger partial charge in [0, 0.05) is 17.8 Å². The number of rotatable bonds is 8. The summed E-state index contributed by atoms with van der Waals surface area (Å²) in [7, 11) is 4.61. The van der Waals surface area contributed by atoms with Crippen LogP contribution in [0.1, 0.15) is 23.1 Å². The van der Waals surface area contributed by atoms with Gasteiger partial charge >= 0.3 is 0 Å². The van der Waals surface area contributed by atoms with Crippen LogP contribution >= 0.6 is 0 Å². The summed E-state index contributed by atoms with van der Waals surface area (Å²) < 4.78 is 16.0. The van der Waals surface area contributed by atoms with Crippen molar-refractivity contribution in [1.82, 2.24) is 5.32 Å². The Morgan fingerprint density at radius 2 is 1.72 bits per heavy atom. The molecule has 0 saturated heterocycles. The summed E-state index contributed by atoms with van der Waals surface area (Å²) in [6.07, 6.45) is 5.54. The lowest BCUT2D eigenvalue weighted by Crippen LogP contribution is -2.38. The number of nitrogens with zero attached hydrogens (tertiary/aromatic N) is 1. The van der Waals surface area contributed by atoms with E-state index in [-0.39, 0.29) is 17.7 Å². The van der Waals surface area contributed by atoms with Gasteiger partial charge in [-0.2, -0.15) is 0 Å². The maximum atomic E-state index is 12.4. The molecule has 1 atom stereocenters. The molecule has 1 N–H and O–H groups in total. The van der Waals surface area contributed by atoms with E-state index in [1.165, 1.54) is 27.4 Å². The number of aryl methyl sites for hydroxylation is 2. The van der Waals surface area contributed by atoms with Crippen LogP contribution in [0.25, 0.3) is 12.2 Å². The van der Waals surface area contributed by atoms with E-state index in [0.29, 0.717) is 30.2 Å². The lowest BCUT2D eigenvalue weighted by atomic mass is 9.97. The van der Waals surface area contributed by atoms with Crippen LogP contribution in [0, 0.1) is 19.8 Å². The van der Waals surface area contributed by atoms with Crippen molar-refractivity contribution in [3.05, 3.63) is 57.6 Å². The minimum Gasteiger partial charge on any atom is -0.493 e. The smallest absolute Gasteiger partial charge is 0.253 e. The quantitative estimate of drug-likeness (QED) is 0.641. The number of amides is 2. The Morgan fingerprint density at radius 1 is 1.06 bits per heavy atom. The molecule has 168 valence electrons. The van der Waals surface area contributed by atoms with Gasteiger partial charge < -0.3 is 19.5 Å². The fourth-order valence-corrected chi connectivity index (χ4v) is 3.63. The van der Waals surface area contributed by atoms with Crippen LogP contribution in [0.15, 0.2) is 35.3 Å². The topological polar surface area (TPSA) is 86.2 Å². The molecule has 7 nitrogen and oxygen atoms in total. The molecule has 0 fully saturated rings. The highest BCUT2D eigenvalue weighted by Crippen LogP contribution is 2.38. The number of fused-ring (bicyclic) bond motifs is 1. The van der Waals surface area contributed by atoms with Gasteiger partial charge in [-0.1, -0.05) is 18.2 Å². The van der Waals surface area contributed by atoms with E-state index < -0.39 is 0 Å². The van der Waals surface area contributed by atoms with E-state index in [1.54, 1.807) is 18.2 Å². The summed E-state index contributed by atoms with van der Waals surface area (Å²) in [4.78, 5) is 29.0. The van der Waals surface area contributed by atoms with Gasteiger partial charge in [0.2, 0.25) is 11.7 Å². The van der Waals surface area contributed by atoms with Gasteiger partial charge in [0.15, 0.2) is 11.5 Å². The van der Waals surface area contributed by atoms with Crippen molar-refractivity contribution < 1.29 is 23.8 Å². The second-order valence-corrected chi connectivity index (χ2v) is 7.56. The molecule has 0 aromatic heterocycles. The Labute approximate surface area is 187 Å². The minimum absolute atomic E-state index is 0.173. The van der Waals surface area contributed by atoms with Crippen molar-refractivity contribution in [3.8, 4) is 17.2 Å². The Morgan fingerprint density at radius 3 is 2.34 bits per heavy atom. The molecule has 7 heteroatoms. The number of benzene rings is 2. The van der Waals surface area contributed by atoms with Crippen LogP contribution in [-0.2, 0) is 9.59 Å². The molecule has 0 aliphatic carbocycles. The van der Waals surface area contributed by atoms with E-state index in [9.17, 15) is 9.59 Å².